The summed E-state index contributed by atoms with van der Waals surface area (Å²) in [5.74, 6) is 0.970. The number of aromatic nitrogens is 4. The van der Waals surface area contributed by atoms with Crippen LogP contribution in [-0.4, -0.2) is 25.8 Å². The Balaban J connectivity index is 1.26. The Hall–Kier alpha value is -3.45. The molecule has 1 amide bonds. The van der Waals surface area contributed by atoms with Crippen LogP contribution in [0.3, 0.4) is 0 Å². The van der Waals surface area contributed by atoms with Gasteiger partial charge < -0.3 is 9.84 Å². The molecule has 0 aliphatic heterocycles. The first kappa shape index (κ1) is 19.8. The number of benzene rings is 2. The van der Waals surface area contributed by atoms with Crippen molar-refractivity contribution in [2.24, 2.45) is 0 Å². The van der Waals surface area contributed by atoms with Gasteiger partial charge in [0, 0.05) is 41.5 Å². The summed E-state index contributed by atoms with van der Waals surface area (Å²) in [6.45, 7) is 0.657. The molecule has 4 aromatic rings. The fourth-order valence-electron chi connectivity index (χ4n) is 3.02. The summed E-state index contributed by atoms with van der Waals surface area (Å²) in [5, 5.41) is 11.8. The van der Waals surface area contributed by atoms with E-state index in [0.717, 1.165) is 16.8 Å². The third kappa shape index (κ3) is 5.33. The van der Waals surface area contributed by atoms with E-state index in [1.54, 1.807) is 18.3 Å². The largest absolute Gasteiger partial charge is 0.339 e. The highest BCUT2D eigenvalue weighted by molar-refractivity contribution is 6.30. The zero-order valence-corrected chi connectivity index (χ0v) is 16.9. The summed E-state index contributed by atoms with van der Waals surface area (Å²) >= 11 is 5.89. The topological polar surface area (TPSA) is 85.8 Å². The number of nitrogens with one attached hydrogen (secondary N) is 1. The predicted octanol–water partition coefficient (Wildman–Crippen LogP) is 4.60. The van der Waals surface area contributed by atoms with Crippen LogP contribution in [0, 0.1) is 0 Å². The fraction of sp³-hybridized carbons (Fsp3) is 0.182. The van der Waals surface area contributed by atoms with Crippen molar-refractivity contribution in [3.8, 4) is 11.4 Å². The van der Waals surface area contributed by atoms with E-state index in [9.17, 15) is 4.79 Å². The Morgan fingerprint density at radius 3 is 2.80 bits per heavy atom. The zero-order valence-electron chi connectivity index (χ0n) is 16.2. The van der Waals surface area contributed by atoms with Gasteiger partial charge in [-0.1, -0.05) is 28.9 Å². The Morgan fingerprint density at radius 2 is 2.00 bits per heavy atom. The summed E-state index contributed by atoms with van der Waals surface area (Å²) in [7, 11) is 0. The molecule has 0 atom stereocenters. The number of carbonyl (C=O) groups is 1. The molecule has 2 aromatic carbocycles. The van der Waals surface area contributed by atoms with E-state index in [1.807, 2.05) is 53.3 Å². The molecule has 1 N–H and O–H groups in total. The molecule has 2 aromatic heterocycles. The van der Waals surface area contributed by atoms with E-state index < -0.39 is 0 Å². The fourth-order valence-corrected chi connectivity index (χ4v) is 3.15. The quantitative estimate of drug-likeness (QED) is 0.449. The molecule has 152 valence electrons. The SMILES string of the molecule is O=C(CCCc1nc(-c2ccc(Cl)cc2)no1)Nc1cccc(Cn2cccn2)c1. The number of rotatable bonds is 8. The van der Waals surface area contributed by atoms with Crippen LogP contribution in [0.2, 0.25) is 5.02 Å². The second kappa shape index (κ2) is 9.37. The Morgan fingerprint density at radius 1 is 1.13 bits per heavy atom. The van der Waals surface area contributed by atoms with Crippen molar-refractivity contribution in [2.45, 2.75) is 25.8 Å². The molecule has 8 heteroatoms. The molecular weight excluding hydrogens is 402 g/mol. The molecule has 0 aliphatic rings. The van der Waals surface area contributed by atoms with Crippen molar-refractivity contribution < 1.29 is 9.32 Å². The van der Waals surface area contributed by atoms with E-state index >= 15 is 0 Å². The molecular formula is C22H20ClN5O2. The van der Waals surface area contributed by atoms with Crippen LogP contribution in [0.15, 0.2) is 71.5 Å². The molecule has 0 bridgehead atoms. The third-order valence-corrected chi connectivity index (χ3v) is 4.73. The number of carbonyl (C=O) groups excluding carboxylic acids is 1. The van der Waals surface area contributed by atoms with Crippen molar-refractivity contribution in [3.63, 3.8) is 0 Å². The number of halogens is 1. The van der Waals surface area contributed by atoms with Crippen LogP contribution in [0.4, 0.5) is 5.69 Å². The summed E-state index contributed by atoms with van der Waals surface area (Å²) in [6, 6.07) is 16.9. The van der Waals surface area contributed by atoms with Gasteiger partial charge in [0.2, 0.25) is 17.6 Å². The van der Waals surface area contributed by atoms with E-state index in [4.69, 9.17) is 16.1 Å². The number of amides is 1. The summed E-state index contributed by atoms with van der Waals surface area (Å²) in [5.41, 5.74) is 2.67. The lowest BCUT2D eigenvalue weighted by Crippen LogP contribution is -2.12. The standard InChI is InChI=1S/C22H20ClN5O2/c23-18-10-8-17(9-11-18)22-26-21(30-27-22)7-2-6-20(29)25-19-5-1-4-16(14-19)15-28-13-3-12-24-28/h1,3-5,8-14H,2,6-7,15H2,(H,25,29). The van der Waals surface area contributed by atoms with E-state index in [1.165, 1.54) is 0 Å². The minimum Gasteiger partial charge on any atom is -0.339 e. The Kier molecular flexibility index (Phi) is 6.20. The van der Waals surface area contributed by atoms with Gasteiger partial charge in [-0.05, 0) is 54.4 Å². The number of hydrogen-bond donors (Lipinski definition) is 1. The average molecular weight is 422 g/mol. The van der Waals surface area contributed by atoms with Gasteiger partial charge in [0.15, 0.2) is 0 Å². The first-order chi connectivity index (χ1) is 14.7. The van der Waals surface area contributed by atoms with Crippen molar-refractivity contribution in [1.82, 2.24) is 19.9 Å². The number of anilines is 1. The minimum absolute atomic E-state index is 0.0521. The zero-order chi connectivity index (χ0) is 20.8. The van der Waals surface area contributed by atoms with Gasteiger partial charge >= 0.3 is 0 Å². The molecule has 0 saturated carbocycles. The van der Waals surface area contributed by atoms with Gasteiger partial charge in [-0.15, -0.1) is 0 Å². The molecule has 0 spiro atoms. The van der Waals surface area contributed by atoms with Crippen LogP contribution in [-0.2, 0) is 17.8 Å². The Labute approximate surface area is 178 Å². The van der Waals surface area contributed by atoms with Gasteiger partial charge in [0.05, 0.1) is 6.54 Å². The average Bonchev–Trinajstić information content (AvgIpc) is 3.41. The molecule has 7 nitrogen and oxygen atoms in total. The monoisotopic (exact) mass is 421 g/mol. The minimum atomic E-state index is -0.0521. The summed E-state index contributed by atoms with van der Waals surface area (Å²) < 4.78 is 7.12. The van der Waals surface area contributed by atoms with Crippen LogP contribution in [0.25, 0.3) is 11.4 Å². The first-order valence-corrected chi connectivity index (χ1v) is 9.98. The highest BCUT2D eigenvalue weighted by atomic mass is 35.5. The highest BCUT2D eigenvalue weighted by Crippen LogP contribution is 2.19. The molecule has 30 heavy (non-hydrogen) atoms. The molecule has 0 saturated heterocycles. The van der Waals surface area contributed by atoms with Crippen LogP contribution < -0.4 is 5.32 Å². The van der Waals surface area contributed by atoms with Gasteiger partial charge in [0.1, 0.15) is 0 Å². The maximum Gasteiger partial charge on any atom is 0.226 e. The Bertz CT molecular complexity index is 1110. The third-order valence-electron chi connectivity index (χ3n) is 4.48. The van der Waals surface area contributed by atoms with E-state index in [2.05, 4.69) is 20.6 Å². The van der Waals surface area contributed by atoms with Crippen LogP contribution in [0.1, 0.15) is 24.3 Å². The lowest BCUT2D eigenvalue weighted by Gasteiger charge is -2.07. The van der Waals surface area contributed by atoms with Crippen LogP contribution >= 0.6 is 11.6 Å². The molecule has 2 heterocycles. The number of aryl methyl sites for hydroxylation is 1. The molecule has 0 radical (unpaired) electrons. The highest BCUT2D eigenvalue weighted by Gasteiger charge is 2.10. The number of hydrogen-bond acceptors (Lipinski definition) is 5. The van der Waals surface area contributed by atoms with Gasteiger partial charge in [-0.3, -0.25) is 9.48 Å². The number of nitrogens with zero attached hydrogens (tertiary/aromatic N) is 4. The second-order valence-corrected chi connectivity index (χ2v) is 7.26. The van der Waals surface area contributed by atoms with Crippen molar-refractivity contribution in [1.29, 1.82) is 0 Å². The summed E-state index contributed by atoms with van der Waals surface area (Å²) in [6.07, 6.45) is 5.16. The summed E-state index contributed by atoms with van der Waals surface area (Å²) in [4.78, 5) is 16.7. The lowest BCUT2D eigenvalue weighted by atomic mass is 10.2. The second-order valence-electron chi connectivity index (χ2n) is 6.82. The van der Waals surface area contributed by atoms with E-state index in [0.29, 0.717) is 42.5 Å². The van der Waals surface area contributed by atoms with Crippen molar-refractivity contribution in [3.05, 3.63) is 83.5 Å². The van der Waals surface area contributed by atoms with E-state index in [-0.39, 0.29) is 5.91 Å². The molecule has 0 fully saturated rings. The molecule has 0 aliphatic carbocycles. The van der Waals surface area contributed by atoms with Gasteiger partial charge in [-0.2, -0.15) is 10.1 Å². The lowest BCUT2D eigenvalue weighted by molar-refractivity contribution is -0.116. The van der Waals surface area contributed by atoms with Gasteiger partial charge in [0.25, 0.3) is 0 Å². The predicted molar refractivity (Wildman–Crippen MR) is 114 cm³/mol. The maximum absolute atomic E-state index is 12.3. The van der Waals surface area contributed by atoms with Gasteiger partial charge in [-0.25, -0.2) is 0 Å². The van der Waals surface area contributed by atoms with Crippen molar-refractivity contribution >= 4 is 23.2 Å². The van der Waals surface area contributed by atoms with Crippen LogP contribution in [0.5, 0.6) is 0 Å². The maximum atomic E-state index is 12.3. The van der Waals surface area contributed by atoms with Crippen molar-refractivity contribution in [2.75, 3.05) is 5.32 Å². The normalized spacial score (nSPS) is 10.8. The first-order valence-electron chi connectivity index (χ1n) is 9.60. The molecule has 4 rings (SSSR count). The molecule has 0 unspecified atom stereocenters. The smallest absolute Gasteiger partial charge is 0.226 e.